The van der Waals surface area contributed by atoms with Crippen LogP contribution in [0.15, 0.2) is 36.8 Å². The van der Waals surface area contributed by atoms with E-state index in [0.717, 1.165) is 24.7 Å². The second-order valence-corrected chi connectivity index (χ2v) is 10.3. The number of likely N-dealkylation sites (tertiary alicyclic amines) is 1. The van der Waals surface area contributed by atoms with Crippen molar-refractivity contribution >= 4 is 17.1 Å². The van der Waals surface area contributed by atoms with Crippen LogP contribution >= 0.6 is 11.6 Å². The van der Waals surface area contributed by atoms with Gasteiger partial charge in [-0.15, -0.1) is 5.10 Å². The molecule has 1 unspecified atom stereocenters. The first-order chi connectivity index (χ1) is 18.2. The van der Waals surface area contributed by atoms with Gasteiger partial charge in [-0.2, -0.15) is 15.6 Å². The zero-order valence-corrected chi connectivity index (χ0v) is 21.9. The number of rotatable bonds is 6. The van der Waals surface area contributed by atoms with Gasteiger partial charge in [0.05, 0.1) is 46.3 Å². The van der Waals surface area contributed by atoms with Gasteiger partial charge in [0.25, 0.3) is 0 Å². The molecule has 1 aliphatic rings. The second-order valence-electron chi connectivity index (χ2n) is 9.90. The third-order valence-corrected chi connectivity index (χ3v) is 7.17. The van der Waals surface area contributed by atoms with Crippen LogP contribution in [0.5, 0.6) is 5.75 Å². The number of fused-ring (bicyclic) bond motifs is 1. The van der Waals surface area contributed by atoms with Gasteiger partial charge in [0.15, 0.2) is 12.3 Å². The average molecular weight is 534 g/mol. The van der Waals surface area contributed by atoms with Crippen LogP contribution in [0.25, 0.3) is 16.8 Å². The molecule has 1 fully saturated rings. The van der Waals surface area contributed by atoms with Crippen molar-refractivity contribution in [3.8, 4) is 29.3 Å². The average Bonchev–Trinajstić information content (AvgIpc) is 3.50. The monoisotopic (exact) mass is 533 g/mol. The molecule has 194 valence electrons. The Morgan fingerprint density at radius 2 is 1.97 bits per heavy atom. The zero-order valence-electron chi connectivity index (χ0n) is 21.1. The first-order valence-electron chi connectivity index (χ1n) is 12.1. The largest absolute Gasteiger partial charge is 0.480 e. The van der Waals surface area contributed by atoms with E-state index in [-0.39, 0.29) is 6.04 Å². The van der Waals surface area contributed by atoms with Crippen molar-refractivity contribution in [1.82, 2.24) is 34.5 Å². The van der Waals surface area contributed by atoms with Crippen molar-refractivity contribution in [2.24, 2.45) is 5.41 Å². The summed E-state index contributed by atoms with van der Waals surface area (Å²) in [6.07, 6.45) is 7.38. The van der Waals surface area contributed by atoms with Crippen LogP contribution in [-0.2, 0) is 0 Å². The van der Waals surface area contributed by atoms with E-state index < -0.39 is 17.3 Å². The van der Waals surface area contributed by atoms with Crippen molar-refractivity contribution in [2.75, 3.05) is 13.1 Å². The lowest BCUT2D eigenvalue weighted by molar-refractivity contribution is 0.109. The van der Waals surface area contributed by atoms with E-state index in [0.29, 0.717) is 46.3 Å². The highest BCUT2D eigenvalue weighted by Crippen LogP contribution is 2.40. The molecule has 0 aliphatic carbocycles. The SMILES string of the molecule is Cc1c(-c2cc(OC(c3ccc(F)cn3)C(C)(C)C#N)c3c(Cl)cnn3c2)nnn1C1CCN(C#N)CC1. The maximum absolute atomic E-state index is 13.6. The highest BCUT2D eigenvalue weighted by molar-refractivity contribution is 6.34. The molecule has 4 aromatic heterocycles. The number of aromatic nitrogens is 6. The molecule has 1 aliphatic heterocycles. The molecule has 4 aromatic rings. The first-order valence-corrected chi connectivity index (χ1v) is 12.5. The lowest BCUT2D eigenvalue weighted by Crippen LogP contribution is -2.31. The van der Waals surface area contributed by atoms with E-state index in [2.05, 4.69) is 32.7 Å². The Hall–Kier alpha value is -4.22. The first kappa shape index (κ1) is 25.4. The van der Waals surface area contributed by atoms with E-state index >= 15 is 0 Å². The van der Waals surface area contributed by atoms with E-state index in [1.807, 2.05) is 11.6 Å². The Bertz CT molecular complexity index is 1560. The van der Waals surface area contributed by atoms with Crippen LogP contribution in [0.2, 0.25) is 5.02 Å². The number of piperidine rings is 1. The van der Waals surface area contributed by atoms with Gasteiger partial charge in [-0.05, 0) is 51.8 Å². The second kappa shape index (κ2) is 9.92. The Morgan fingerprint density at radius 3 is 2.63 bits per heavy atom. The molecule has 38 heavy (non-hydrogen) atoms. The number of hydrogen-bond donors (Lipinski definition) is 0. The predicted octanol–water partition coefficient (Wildman–Crippen LogP) is 4.88. The van der Waals surface area contributed by atoms with Gasteiger partial charge in [0.1, 0.15) is 22.8 Å². The van der Waals surface area contributed by atoms with Gasteiger partial charge in [-0.3, -0.25) is 4.98 Å². The van der Waals surface area contributed by atoms with Crippen molar-refractivity contribution in [1.29, 1.82) is 10.5 Å². The topological polar surface area (TPSA) is 121 Å². The number of pyridine rings is 2. The molecule has 0 saturated carbocycles. The Morgan fingerprint density at radius 1 is 1.21 bits per heavy atom. The van der Waals surface area contributed by atoms with Gasteiger partial charge >= 0.3 is 0 Å². The fourth-order valence-electron chi connectivity index (χ4n) is 4.74. The summed E-state index contributed by atoms with van der Waals surface area (Å²) in [6.45, 7) is 6.78. The Kier molecular flexibility index (Phi) is 6.64. The van der Waals surface area contributed by atoms with Crippen molar-refractivity contribution in [3.05, 3.63) is 59.0 Å². The standard InChI is InChI=1S/C26H25ClFN9O/c1-16-23(33-34-37(16)19-6-8-35(15-30)9-7-19)17-10-22(24-20(27)12-32-36(24)13-17)38-25(26(2,3)14-29)21-5-4-18(28)11-31-21/h4-5,10-13,19,25H,6-9H2,1-3H3. The van der Waals surface area contributed by atoms with Crippen LogP contribution < -0.4 is 4.74 Å². The Balaban J connectivity index is 1.56. The molecule has 0 radical (unpaired) electrons. The molecular formula is C26H25ClFN9O. The van der Waals surface area contributed by atoms with Crippen LogP contribution in [0.4, 0.5) is 4.39 Å². The molecule has 5 rings (SSSR count). The molecule has 1 atom stereocenters. The summed E-state index contributed by atoms with van der Waals surface area (Å²) in [6, 6.07) is 7.00. The Labute approximate surface area is 223 Å². The van der Waals surface area contributed by atoms with Gasteiger partial charge in [0.2, 0.25) is 0 Å². The summed E-state index contributed by atoms with van der Waals surface area (Å²) in [5.41, 5.74) is 2.14. The van der Waals surface area contributed by atoms with Crippen LogP contribution in [0.3, 0.4) is 0 Å². The maximum Gasteiger partial charge on any atom is 0.179 e. The van der Waals surface area contributed by atoms with E-state index in [1.165, 1.54) is 18.3 Å². The van der Waals surface area contributed by atoms with Crippen molar-refractivity contribution in [3.63, 3.8) is 0 Å². The highest BCUT2D eigenvalue weighted by atomic mass is 35.5. The van der Waals surface area contributed by atoms with E-state index in [9.17, 15) is 9.65 Å². The number of hydrogen-bond acceptors (Lipinski definition) is 8. The molecule has 0 bridgehead atoms. The summed E-state index contributed by atoms with van der Waals surface area (Å²) in [5, 5.41) is 32.7. The molecule has 12 heteroatoms. The molecule has 0 N–H and O–H groups in total. The normalized spacial score (nSPS) is 15.3. The number of ether oxygens (including phenoxy) is 1. The fraction of sp³-hybridized carbons (Fsp3) is 0.385. The summed E-state index contributed by atoms with van der Waals surface area (Å²) < 4.78 is 23.6. The maximum atomic E-state index is 13.6. The lowest BCUT2D eigenvalue weighted by atomic mass is 9.86. The van der Waals surface area contributed by atoms with Crippen molar-refractivity contribution < 1.29 is 9.13 Å². The van der Waals surface area contributed by atoms with Gasteiger partial charge in [0, 0.05) is 24.8 Å². The minimum atomic E-state index is -1.01. The summed E-state index contributed by atoms with van der Waals surface area (Å²) >= 11 is 6.48. The molecule has 0 spiro atoms. The van der Waals surface area contributed by atoms with Gasteiger partial charge in [-0.25, -0.2) is 13.6 Å². The third-order valence-electron chi connectivity index (χ3n) is 6.89. The van der Waals surface area contributed by atoms with Gasteiger partial charge < -0.3 is 9.64 Å². The van der Waals surface area contributed by atoms with Crippen LogP contribution in [-0.4, -0.2) is 47.6 Å². The van der Waals surface area contributed by atoms with Crippen LogP contribution in [0.1, 0.15) is 50.2 Å². The molecule has 5 heterocycles. The summed E-state index contributed by atoms with van der Waals surface area (Å²) in [4.78, 5) is 5.93. The lowest BCUT2D eigenvalue weighted by Gasteiger charge is -2.29. The van der Waals surface area contributed by atoms with E-state index in [1.54, 1.807) is 35.5 Å². The smallest absolute Gasteiger partial charge is 0.179 e. The fourth-order valence-corrected chi connectivity index (χ4v) is 4.96. The minimum Gasteiger partial charge on any atom is -0.480 e. The number of halogens is 2. The predicted molar refractivity (Wildman–Crippen MR) is 136 cm³/mol. The zero-order chi connectivity index (χ0) is 27.0. The molecule has 0 aromatic carbocycles. The summed E-state index contributed by atoms with van der Waals surface area (Å²) in [5.74, 6) is -0.108. The quantitative estimate of drug-likeness (QED) is 0.322. The molecule has 10 nitrogen and oxygen atoms in total. The molecule has 0 amide bonds. The highest BCUT2D eigenvalue weighted by Gasteiger charge is 2.35. The summed E-state index contributed by atoms with van der Waals surface area (Å²) in [7, 11) is 0. The van der Waals surface area contributed by atoms with Crippen molar-refractivity contribution in [2.45, 2.75) is 45.8 Å². The minimum absolute atomic E-state index is 0.143. The van der Waals surface area contributed by atoms with Gasteiger partial charge in [-0.1, -0.05) is 16.8 Å². The van der Waals surface area contributed by atoms with Crippen LogP contribution in [0, 0.1) is 40.9 Å². The number of nitrogens with zero attached hydrogens (tertiary/aromatic N) is 9. The van der Waals surface area contributed by atoms with E-state index in [4.69, 9.17) is 21.6 Å². The third kappa shape index (κ3) is 4.61. The molecular weight excluding hydrogens is 509 g/mol. The number of nitriles is 2. The molecule has 1 saturated heterocycles.